The van der Waals surface area contributed by atoms with E-state index in [0.717, 1.165) is 16.4 Å². The number of pyridine rings is 1. The van der Waals surface area contributed by atoms with Crippen LogP contribution >= 0.6 is 11.3 Å². The quantitative estimate of drug-likeness (QED) is 0.766. The average molecular weight is 248 g/mol. The number of methoxy groups -OCH3 is 1. The Labute approximate surface area is 103 Å². The van der Waals surface area contributed by atoms with Crippen LogP contribution in [0.4, 0.5) is 0 Å². The second-order valence-corrected chi connectivity index (χ2v) is 4.65. The standard InChI is InChI=1S/C12H12N2O2S/c1-7-4-5-9(10-6-17-8(2)14-10)11(13-7)12(15)16-3/h4-6H,1-3H3. The molecule has 0 aliphatic heterocycles. The van der Waals surface area contributed by atoms with Crippen molar-refractivity contribution in [3.05, 3.63) is 33.9 Å². The van der Waals surface area contributed by atoms with E-state index in [2.05, 4.69) is 9.97 Å². The van der Waals surface area contributed by atoms with E-state index in [9.17, 15) is 4.79 Å². The minimum atomic E-state index is -0.436. The second-order valence-electron chi connectivity index (χ2n) is 3.59. The molecule has 0 atom stereocenters. The maximum absolute atomic E-state index is 11.7. The third-order valence-electron chi connectivity index (χ3n) is 2.31. The van der Waals surface area contributed by atoms with Crippen molar-refractivity contribution >= 4 is 17.3 Å². The minimum Gasteiger partial charge on any atom is -0.464 e. The number of thiazole rings is 1. The molecule has 0 saturated carbocycles. The van der Waals surface area contributed by atoms with Crippen molar-refractivity contribution in [3.63, 3.8) is 0 Å². The van der Waals surface area contributed by atoms with E-state index in [1.807, 2.05) is 31.4 Å². The molecule has 4 nitrogen and oxygen atoms in total. The number of aromatic nitrogens is 2. The molecule has 0 amide bonds. The van der Waals surface area contributed by atoms with Gasteiger partial charge in [-0.05, 0) is 26.0 Å². The van der Waals surface area contributed by atoms with Gasteiger partial charge in [-0.15, -0.1) is 11.3 Å². The van der Waals surface area contributed by atoms with Crippen LogP contribution < -0.4 is 0 Å². The maximum atomic E-state index is 11.7. The molecule has 0 aliphatic carbocycles. The lowest BCUT2D eigenvalue weighted by atomic mass is 10.1. The van der Waals surface area contributed by atoms with Crippen LogP contribution in [0.2, 0.25) is 0 Å². The van der Waals surface area contributed by atoms with Crippen molar-refractivity contribution in [1.29, 1.82) is 0 Å². The summed E-state index contributed by atoms with van der Waals surface area (Å²) in [5.41, 5.74) is 2.58. The molecule has 0 bridgehead atoms. The zero-order valence-electron chi connectivity index (χ0n) is 9.85. The van der Waals surface area contributed by atoms with Crippen molar-refractivity contribution in [1.82, 2.24) is 9.97 Å². The highest BCUT2D eigenvalue weighted by atomic mass is 32.1. The lowest BCUT2D eigenvalue weighted by Crippen LogP contribution is -2.07. The Morgan fingerprint density at radius 3 is 2.65 bits per heavy atom. The molecule has 0 aliphatic rings. The SMILES string of the molecule is COC(=O)c1nc(C)ccc1-c1csc(C)n1. The first kappa shape index (κ1) is 11.7. The van der Waals surface area contributed by atoms with Gasteiger partial charge < -0.3 is 4.74 Å². The summed E-state index contributed by atoms with van der Waals surface area (Å²) in [7, 11) is 1.35. The monoisotopic (exact) mass is 248 g/mol. The first-order chi connectivity index (χ1) is 8.11. The smallest absolute Gasteiger partial charge is 0.357 e. The molecule has 2 aromatic heterocycles. The zero-order chi connectivity index (χ0) is 12.4. The summed E-state index contributed by atoms with van der Waals surface area (Å²) in [5.74, 6) is -0.436. The van der Waals surface area contributed by atoms with E-state index in [1.165, 1.54) is 7.11 Å². The van der Waals surface area contributed by atoms with E-state index in [-0.39, 0.29) is 0 Å². The highest BCUT2D eigenvalue weighted by Crippen LogP contribution is 2.24. The third-order valence-corrected chi connectivity index (χ3v) is 3.08. The third kappa shape index (κ3) is 2.34. The molecular formula is C12H12N2O2S. The summed E-state index contributed by atoms with van der Waals surface area (Å²) >= 11 is 1.54. The van der Waals surface area contributed by atoms with Crippen LogP contribution in [0.3, 0.4) is 0 Å². The highest BCUT2D eigenvalue weighted by Gasteiger charge is 2.16. The number of aryl methyl sites for hydroxylation is 2. The molecule has 2 aromatic rings. The first-order valence-electron chi connectivity index (χ1n) is 5.10. The molecule has 0 N–H and O–H groups in total. The van der Waals surface area contributed by atoms with Gasteiger partial charge in [0.1, 0.15) is 0 Å². The molecule has 2 heterocycles. The van der Waals surface area contributed by atoms with Crippen molar-refractivity contribution < 1.29 is 9.53 Å². The van der Waals surface area contributed by atoms with Gasteiger partial charge in [0.05, 0.1) is 17.8 Å². The van der Waals surface area contributed by atoms with Crippen molar-refractivity contribution in [2.24, 2.45) is 0 Å². The van der Waals surface area contributed by atoms with Gasteiger partial charge in [-0.2, -0.15) is 0 Å². The van der Waals surface area contributed by atoms with E-state index >= 15 is 0 Å². The Balaban J connectivity index is 2.57. The Kier molecular flexibility index (Phi) is 3.19. The molecule has 0 spiro atoms. The van der Waals surface area contributed by atoms with Crippen LogP contribution in [-0.4, -0.2) is 23.0 Å². The number of ether oxygens (including phenoxy) is 1. The van der Waals surface area contributed by atoms with E-state index in [0.29, 0.717) is 11.3 Å². The van der Waals surface area contributed by atoms with Gasteiger partial charge >= 0.3 is 5.97 Å². The van der Waals surface area contributed by atoms with Gasteiger partial charge in [-0.3, -0.25) is 0 Å². The van der Waals surface area contributed by atoms with E-state index < -0.39 is 5.97 Å². The molecule has 2 rings (SSSR count). The predicted molar refractivity (Wildman–Crippen MR) is 66.2 cm³/mol. The number of hydrogen-bond acceptors (Lipinski definition) is 5. The fourth-order valence-electron chi connectivity index (χ4n) is 1.50. The predicted octanol–water partition coefficient (Wildman–Crippen LogP) is 2.61. The van der Waals surface area contributed by atoms with Gasteiger partial charge in [0, 0.05) is 16.6 Å². The molecule has 0 saturated heterocycles. The Morgan fingerprint density at radius 1 is 1.29 bits per heavy atom. The fourth-order valence-corrected chi connectivity index (χ4v) is 2.12. The number of carbonyl (C=O) groups excluding carboxylic acids is 1. The minimum absolute atomic E-state index is 0.317. The summed E-state index contributed by atoms with van der Waals surface area (Å²) < 4.78 is 4.73. The van der Waals surface area contributed by atoms with Crippen LogP contribution in [0.5, 0.6) is 0 Å². The average Bonchev–Trinajstić information content (AvgIpc) is 2.74. The van der Waals surface area contributed by atoms with Gasteiger partial charge in [0.2, 0.25) is 0 Å². The molecule has 0 fully saturated rings. The number of esters is 1. The van der Waals surface area contributed by atoms with Crippen LogP contribution in [-0.2, 0) is 4.74 Å². The fraction of sp³-hybridized carbons (Fsp3) is 0.250. The molecule has 88 valence electrons. The molecule has 0 unspecified atom stereocenters. The topological polar surface area (TPSA) is 52.1 Å². The van der Waals surface area contributed by atoms with Gasteiger partial charge in [-0.25, -0.2) is 14.8 Å². The molecule has 17 heavy (non-hydrogen) atoms. The summed E-state index contributed by atoms with van der Waals surface area (Å²) in [5, 5.41) is 2.87. The second kappa shape index (κ2) is 4.63. The lowest BCUT2D eigenvalue weighted by molar-refractivity contribution is 0.0594. The largest absolute Gasteiger partial charge is 0.464 e. The summed E-state index contributed by atoms with van der Waals surface area (Å²) in [4.78, 5) is 20.2. The van der Waals surface area contributed by atoms with Gasteiger partial charge in [-0.1, -0.05) is 0 Å². The normalized spacial score (nSPS) is 10.3. The summed E-state index contributed by atoms with van der Waals surface area (Å²) in [6.07, 6.45) is 0. The van der Waals surface area contributed by atoms with Crippen LogP contribution in [0.15, 0.2) is 17.5 Å². The van der Waals surface area contributed by atoms with Crippen LogP contribution in [0, 0.1) is 13.8 Å². The Morgan fingerprint density at radius 2 is 2.06 bits per heavy atom. The van der Waals surface area contributed by atoms with Crippen molar-refractivity contribution in [2.45, 2.75) is 13.8 Å². The zero-order valence-corrected chi connectivity index (χ0v) is 10.7. The Bertz CT molecular complexity index is 563. The summed E-state index contributed by atoms with van der Waals surface area (Å²) in [6.45, 7) is 3.76. The first-order valence-corrected chi connectivity index (χ1v) is 5.98. The number of rotatable bonds is 2. The van der Waals surface area contributed by atoms with Gasteiger partial charge in [0.15, 0.2) is 5.69 Å². The number of nitrogens with zero attached hydrogens (tertiary/aromatic N) is 2. The van der Waals surface area contributed by atoms with E-state index in [1.54, 1.807) is 11.3 Å². The van der Waals surface area contributed by atoms with Crippen molar-refractivity contribution in [3.8, 4) is 11.3 Å². The van der Waals surface area contributed by atoms with Crippen LogP contribution in [0.1, 0.15) is 21.2 Å². The Hall–Kier alpha value is -1.75. The summed E-state index contributed by atoms with van der Waals surface area (Å²) in [6, 6.07) is 3.71. The number of hydrogen-bond donors (Lipinski definition) is 0. The molecule has 0 radical (unpaired) electrons. The van der Waals surface area contributed by atoms with Gasteiger partial charge in [0.25, 0.3) is 0 Å². The number of carbonyl (C=O) groups is 1. The molecular weight excluding hydrogens is 236 g/mol. The van der Waals surface area contributed by atoms with E-state index in [4.69, 9.17) is 4.74 Å². The molecule has 0 aromatic carbocycles. The van der Waals surface area contributed by atoms with Crippen LogP contribution in [0.25, 0.3) is 11.3 Å². The molecule has 5 heteroatoms. The lowest BCUT2D eigenvalue weighted by Gasteiger charge is -2.05. The maximum Gasteiger partial charge on any atom is 0.357 e. The highest BCUT2D eigenvalue weighted by molar-refractivity contribution is 7.09. The van der Waals surface area contributed by atoms with Crippen molar-refractivity contribution in [2.75, 3.05) is 7.11 Å².